The third-order valence-corrected chi connectivity index (χ3v) is 5.68. The fourth-order valence-corrected chi connectivity index (χ4v) is 4.22. The number of ether oxygens (including phenoxy) is 1. The first-order valence-corrected chi connectivity index (χ1v) is 8.74. The number of carbonyl (C=O) groups excluding carboxylic acids is 1. The van der Waals surface area contributed by atoms with Crippen LogP contribution in [0.4, 0.5) is 0 Å². The molecular formula is C16H25O5P. The lowest BCUT2D eigenvalue weighted by Gasteiger charge is -2.36. The Balaban J connectivity index is 3.30. The Labute approximate surface area is 132 Å². The van der Waals surface area contributed by atoms with Crippen molar-refractivity contribution < 1.29 is 23.1 Å². The van der Waals surface area contributed by atoms with E-state index in [1.165, 1.54) is 12.2 Å². The molecule has 0 aromatic heterocycles. The molecule has 0 saturated heterocycles. The van der Waals surface area contributed by atoms with Crippen LogP contribution >= 0.6 is 7.60 Å². The SMILES string of the molecule is C=CCOP1(=O)OCC=CCC1(CC=C)C(=O)OC(C)(C)C. The lowest BCUT2D eigenvalue weighted by atomic mass is 9.99. The Bertz CT molecular complexity index is 503. The third-order valence-electron chi connectivity index (χ3n) is 3.11. The number of esters is 1. The molecule has 0 amide bonds. The maximum atomic E-state index is 13.3. The van der Waals surface area contributed by atoms with E-state index in [1.807, 2.05) is 0 Å². The predicted octanol–water partition coefficient (Wildman–Crippen LogP) is 4.02. The van der Waals surface area contributed by atoms with Gasteiger partial charge < -0.3 is 13.8 Å². The van der Waals surface area contributed by atoms with E-state index in [0.717, 1.165) is 0 Å². The highest BCUT2D eigenvalue weighted by Gasteiger charge is 2.57. The number of hydrogen-bond donors (Lipinski definition) is 0. The molecule has 1 heterocycles. The van der Waals surface area contributed by atoms with Crippen molar-refractivity contribution in [3.8, 4) is 0 Å². The minimum Gasteiger partial charge on any atom is -0.459 e. The van der Waals surface area contributed by atoms with Crippen LogP contribution in [0.5, 0.6) is 0 Å². The zero-order valence-corrected chi connectivity index (χ0v) is 14.4. The van der Waals surface area contributed by atoms with Crippen molar-refractivity contribution >= 4 is 13.6 Å². The van der Waals surface area contributed by atoms with Crippen molar-refractivity contribution in [3.05, 3.63) is 37.5 Å². The predicted molar refractivity (Wildman–Crippen MR) is 86.9 cm³/mol. The summed E-state index contributed by atoms with van der Waals surface area (Å²) in [6.45, 7) is 12.6. The summed E-state index contributed by atoms with van der Waals surface area (Å²) in [6.07, 6.45) is 6.85. The third kappa shape index (κ3) is 4.19. The van der Waals surface area contributed by atoms with Gasteiger partial charge in [0.15, 0.2) is 5.16 Å². The molecular weight excluding hydrogens is 303 g/mol. The van der Waals surface area contributed by atoms with Gasteiger partial charge in [0.1, 0.15) is 5.60 Å². The molecule has 22 heavy (non-hydrogen) atoms. The summed E-state index contributed by atoms with van der Waals surface area (Å²) >= 11 is 0. The van der Waals surface area contributed by atoms with E-state index >= 15 is 0 Å². The van der Waals surface area contributed by atoms with Gasteiger partial charge in [-0.15, -0.1) is 13.2 Å². The molecule has 0 aromatic rings. The zero-order valence-electron chi connectivity index (χ0n) is 13.5. The zero-order chi connectivity index (χ0) is 16.9. The molecule has 6 heteroatoms. The quantitative estimate of drug-likeness (QED) is 0.419. The molecule has 0 radical (unpaired) electrons. The molecule has 2 unspecified atom stereocenters. The van der Waals surface area contributed by atoms with Crippen LogP contribution in [0.1, 0.15) is 33.6 Å². The Morgan fingerprint density at radius 1 is 1.36 bits per heavy atom. The molecule has 2 atom stereocenters. The Morgan fingerprint density at radius 3 is 2.59 bits per heavy atom. The molecule has 5 nitrogen and oxygen atoms in total. The van der Waals surface area contributed by atoms with Gasteiger partial charge in [-0.1, -0.05) is 24.3 Å². The number of rotatable bonds is 6. The molecule has 0 spiro atoms. The number of allylic oxidation sites excluding steroid dienone is 2. The molecule has 124 valence electrons. The van der Waals surface area contributed by atoms with Crippen LogP contribution < -0.4 is 0 Å². The summed E-state index contributed by atoms with van der Waals surface area (Å²) < 4.78 is 29.7. The van der Waals surface area contributed by atoms with Gasteiger partial charge >= 0.3 is 13.6 Å². The van der Waals surface area contributed by atoms with E-state index in [1.54, 1.807) is 32.9 Å². The molecule has 0 aliphatic carbocycles. The second-order valence-corrected chi connectivity index (χ2v) is 8.45. The normalized spacial score (nSPS) is 28.7. The van der Waals surface area contributed by atoms with Crippen molar-refractivity contribution in [1.82, 2.24) is 0 Å². The van der Waals surface area contributed by atoms with E-state index in [9.17, 15) is 9.36 Å². The van der Waals surface area contributed by atoms with Crippen LogP contribution in [0, 0.1) is 0 Å². The van der Waals surface area contributed by atoms with Gasteiger partial charge in [0, 0.05) is 0 Å². The van der Waals surface area contributed by atoms with Crippen molar-refractivity contribution in [2.75, 3.05) is 13.2 Å². The van der Waals surface area contributed by atoms with Gasteiger partial charge in [-0.3, -0.25) is 9.36 Å². The summed E-state index contributed by atoms with van der Waals surface area (Å²) in [4.78, 5) is 12.8. The van der Waals surface area contributed by atoms with Crippen LogP contribution in [0.25, 0.3) is 0 Å². The fraction of sp³-hybridized carbons (Fsp3) is 0.562. The van der Waals surface area contributed by atoms with Crippen LogP contribution in [-0.2, 0) is 23.1 Å². The van der Waals surface area contributed by atoms with Crippen LogP contribution in [0.3, 0.4) is 0 Å². The second-order valence-electron chi connectivity index (χ2n) is 6.08. The number of hydrogen-bond acceptors (Lipinski definition) is 5. The van der Waals surface area contributed by atoms with Crippen molar-refractivity contribution in [2.24, 2.45) is 0 Å². The summed E-state index contributed by atoms with van der Waals surface area (Å²) in [5, 5.41) is -1.42. The standard InChI is InChI=1S/C16H25O5P/c1-6-10-16(14(17)21-15(3,4)5)11-8-9-13-20-22(16,18)19-12-7-2/h6-9H,1-2,10-13H2,3-5H3. The Morgan fingerprint density at radius 2 is 2.05 bits per heavy atom. The van der Waals surface area contributed by atoms with Crippen molar-refractivity contribution in [1.29, 1.82) is 0 Å². The van der Waals surface area contributed by atoms with Crippen LogP contribution in [-0.4, -0.2) is 29.9 Å². The van der Waals surface area contributed by atoms with E-state index in [4.69, 9.17) is 13.8 Å². The molecule has 0 bridgehead atoms. The highest BCUT2D eigenvalue weighted by molar-refractivity contribution is 7.56. The first kappa shape index (κ1) is 18.9. The number of carbonyl (C=O) groups is 1. The molecule has 0 saturated carbocycles. The average molecular weight is 328 g/mol. The maximum absolute atomic E-state index is 13.3. The summed E-state index contributed by atoms with van der Waals surface area (Å²) in [5.74, 6) is -0.598. The summed E-state index contributed by atoms with van der Waals surface area (Å²) in [6, 6.07) is 0. The van der Waals surface area contributed by atoms with Crippen LogP contribution in [0.15, 0.2) is 37.5 Å². The Kier molecular flexibility index (Phi) is 6.36. The van der Waals surface area contributed by atoms with Gasteiger partial charge in [0.2, 0.25) is 0 Å². The molecule has 0 N–H and O–H groups in total. The Hall–Kier alpha value is -1.16. The minimum absolute atomic E-state index is 0.0268. The topological polar surface area (TPSA) is 61.8 Å². The smallest absolute Gasteiger partial charge is 0.349 e. The highest BCUT2D eigenvalue weighted by atomic mass is 31.2. The van der Waals surface area contributed by atoms with Gasteiger partial charge in [0.25, 0.3) is 0 Å². The maximum Gasteiger partial charge on any atom is 0.349 e. The largest absolute Gasteiger partial charge is 0.459 e. The second kappa shape index (κ2) is 7.40. The van der Waals surface area contributed by atoms with Gasteiger partial charge in [-0.2, -0.15) is 0 Å². The lowest BCUT2D eigenvalue weighted by molar-refractivity contribution is -0.158. The van der Waals surface area contributed by atoms with Crippen molar-refractivity contribution in [3.63, 3.8) is 0 Å². The van der Waals surface area contributed by atoms with Gasteiger partial charge in [0.05, 0.1) is 13.2 Å². The van der Waals surface area contributed by atoms with Crippen LogP contribution in [0.2, 0.25) is 0 Å². The monoisotopic (exact) mass is 328 g/mol. The van der Waals surface area contributed by atoms with E-state index in [2.05, 4.69) is 13.2 Å². The molecule has 1 aliphatic heterocycles. The molecule has 0 aromatic carbocycles. The fourth-order valence-electron chi connectivity index (χ4n) is 2.12. The summed E-state index contributed by atoms with van der Waals surface area (Å²) in [5.41, 5.74) is -0.704. The van der Waals surface area contributed by atoms with E-state index < -0.39 is 24.3 Å². The van der Waals surface area contributed by atoms with E-state index in [0.29, 0.717) is 0 Å². The first-order chi connectivity index (χ1) is 10.2. The minimum atomic E-state index is -3.75. The lowest BCUT2D eigenvalue weighted by Crippen LogP contribution is -2.43. The molecule has 1 rings (SSSR count). The first-order valence-electron chi connectivity index (χ1n) is 7.20. The van der Waals surface area contributed by atoms with Gasteiger partial charge in [-0.05, 0) is 33.6 Å². The molecule has 0 fully saturated rings. The van der Waals surface area contributed by atoms with Gasteiger partial charge in [-0.25, -0.2) is 0 Å². The highest BCUT2D eigenvalue weighted by Crippen LogP contribution is 2.64. The van der Waals surface area contributed by atoms with Crippen molar-refractivity contribution in [2.45, 2.75) is 44.4 Å². The average Bonchev–Trinajstić information content (AvgIpc) is 2.56. The molecule has 1 aliphatic rings. The summed E-state index contributed by atoms with van der Waals surface area (Å²) in [7, 11) is -3.75. The van der Waals surface area contributed by atoms with E-state index in [-0.39, 0.29) is 26.1 Å².